The molecule has 1 aromatic heterocycles. The van der Waals surface area contributed by atoms with Gasteiger partial charge in [0.25, 0.3) is 0 Å². The van der Waals surface area contributed by atoms with E-state index in [2.05, 4.69) is 0 Å². The molecule has 0 spiro atoms. The van der Waals surface area contributed by atoms with Gasteiger partial charge in [0.15, 0.2) is 11.9 Å². The highest BCUT2D eigenvalue weighted by molar-refractivity contribution is 6.16. The molecule has 7 heteroatoms. The van der Waals surface area contributed by atoms with E-state index in [4.69, 9.17) is 18.9 Å². The number of rotatable bonds is 5. The maximum Gasteiger partial charge on any atom is 0.346 e. The first-order valence-corrected chi connectivity index (χ1v) is 9.78. The fourth-order valence-electron chi connectivity index (χ4n) is 3.75. The Hall–Kier alpha value is -3.74. The van der Waals surface area contributed by atoms with Crippen LogP contribution in [-0.4, -0.2) is 36.6 Å². The monoisotopic (exact) mass is 421 g/mol. The summed E-state index contributed by atoms with van der Waals surface area (Å²) in [6, 6.07) is 9.13. The van der Waals surface area contributed by atoms with Crippen LogP contribution in [0.5, 0.6) is 17.2 Å². The van der Waals surface area contributed by atoms with E-state index in [-0.39, 0.29) is 11.5 Å². The average molecular weight is 421 g/mol. The number of ketones is 1. The van der Waals surface area contributed by atoms with Gasteiger partial charge in [0.2, 0.25) is 5.78 Å². The van der Waals surface area contributed by atoms with E-state index in [9.17, 15) is 9.59 Å². The molecule has 1 atom stereocenters. The number of carbonyl (C=O) groups is 2. The van der Waals surface area contributed by atoms with Crippen LogP contribution in [0.15, 0.2) is 42.3 Å². The zero-order chi connectivity index (χ0) is 22.3. The maximum absolute atomic E-state index is 13.0. The van der Waals surface area contributed by atoms with E-state index in [1.165, 1.54) is 7.11 Å². The normalized spacial score (nSPS) is 15.0. The number of ether oxygens (including phenoxy) is 4. The fraction of sp³-hybridized carbons (Fsp3) is 0.250. The van der Waals surface area contributed by atoms with Crippen LogP contribution < -0.4 is 14.2 Å². The van der Waals surface area contributed by atoms with Gasteiger partial charge in [-0.3, -0.25) is 4.79 Å². The van der Waals surface area contributed by atoms with Gasteiger partial charge in [-0.05, 0) is 49.8 Å². The third-order valence-electron chi connectivity index (χ3n) is 5.30. The van der Waals surface area contributed by atoms with E-state index in [0.29, 0.717) is 22.6 Å². The summed E-state index contributed by atoms with van der Waals surface area (Å²) in [4.78, 5) is 24.7. The predicted molar refractivity (Wildman–Crippen MR) is 116 cm³/mol. The van der Waals surface area contributed by atoms with E-state index in [0.717, 1.165) is 22.2 Å². The molecular weight excluding hydrogens is 398 g/mol. The molecule has 2 aromatic carbocycles. The summed E-state index contributed by atoms with van der Waals surface area (Å²) >= 11 is 0. The Kier molecular flexibility index (Phi) is 5.19. The van der Waals surface area contributed by atoms with Crippen molar-refractivity contribution >= 4 is 28.7 Å². The highest BCUT2D eigenvalue weighted by atomic mass is 16.6. The molecule has 31 heavy (non-hydrogen) atoms. The van der Waals surface area contributed by atoms with Crippen molar-refractivity contribution in [2.24, 2.45) is 7.05 Å². The lowest BCUT2D eigenvalue weighted by atomic mass is 10.0. The second kappa shape index (κ2) is 7.83. The predicted octanol–water partition coefficient (Wildman–Crippen LogP) is 4.05. The molecule has 3 aromatic rings. The smallest absolute Gasteiger partial charge is 0.346 e. The second-order valence-corrected chi connectivity index (χ2v) is 7.41. The first kappa shape index (κ1) is 20.5. The van der Waals surface area contributed by atoms with Gasteiger partial charge in [-0.2, -0.15) is 0 Å². The lowest BCUT2D eigenvalue weighted by Crippen LogP contribution is -2.24. The number of carbonyl (C=O) groups excluding carboxylic acids is 2. The van der Waals surface area contributed by atoms with Crippen LogP contribution in [0.4, 0.5) is 0 Å². The van der Waals surface area contributed by atoms with Crippen molar-refractivity contribution in [1.82, 2.24) is 4.57 Å². The van der Waals surface area contributed by atoms with Gasteiger partial charge < -0.3 is 23.5 Å². The van der Waals surface area contributed by atoms with Crippen LogP contribution in [0, 0.1) is 6.92 Å². The molecule has 0 saturated heterocycles. The van der Waals surface area contributed by atoms with Crippen molar-refractivity contribution in [2.45, 2.75) is 20.0 Å². The maximum atomic E-state index is 13.0. The second-order valence-electron chi connectivity index (χ2n) is 7.41. The molecule has 0 saturated carbocycles. The number of methoxy groups -OCH3 is 2. The Morgan fingerprint density at radius 2 is 1.94 bits per heavy atom. The van der Waals surface area contributed by atoms with E-state index in [1.54, 1.807) is 32.2 Å². The summed E-state index contributed by atoms with van der Waals surface area (Å²) in [7, 11) is 4.86. The Morgan fingerprint density at radius 1 is 1.16 bits per heavy atom. The molecule has 2 heterocycles. The van der Waals surface area contributed by atoms with Gasteiger partial charge in [-0.25, -0.2) is 4.79 Å². The first-order valence-electron chi connectivity index (χ1n) is 9.78. The SMILES string of the molecule is COC(=O)C(C)Oc1cc(C)c2c(c1)O/C(=C\c1cn(C)c3ccc(OC)cc13)C2=O. The van der Waals surface area contributed by atoms with Crippen LogP contribution in [0.1, 0.15) is 28.4 Å². The van der Waals surface area contributed by atoms with E-state index in [1.807, 2.05) is 42.9 Å². The molecular formula is C24H23NO6. The molecule has 1 aliphatic heterocycles. The fourth-order valence-corrected chi connectivity index (χ4v) is 3.75. The largest absolute Gasteiger partial charge is 0.497 e. The van der Waals surface area contributed by atoms with Crippen molar-refractivity contribution in [1.29, 1.82) is 0 Å². The number of hydrogen-bond donors (Lipinski definition) is 0. The minimum absolute atomic E-state index is 0.194. The summed E-state index contributed by atoms with van der Waals surface area (Å²) in [6.45, 7) is 3.40. The molecule has 7 nitrogen and oxygen atoms in total. The number of Topliss-reactive ketones (excluding diaryl/α,β-unsaturated/α-hetero) is 1. The molecule has 0 bridgehead atoms. The summed E-state index contributed by atoms with van der Waals surface area (Å²) in [5.74, 6) is 1.12. The Morgan fingerprint density at radius 3 is 2.65 bits per heavy atom. The zero-order valence-corrected chi connectivity index (χ0v) is 18.0. The van der Waals surface area contributed by atoms with Crippen LogP contribution in [0.25, 0.3) is 17.0 Å². The number of esters is 1. The number of hydrogen-bond acceptors (Lipinski definition) is 6. The first-order chi connectivity index (χ1) is 14.8. The molecule has 4 rings (SSSR count). The number of nitrogens with zero attached hydrogens (tertiary/aromatic N) is 1. The molecule has 0 radical (unpaired) electrons. The average Bonchev–Trinajstić information content (AvgIpc) is 3.23. The lowest BCUT2D eigenvalue weighted by molar-refractivity contribution is -0.147. The molecule has 0 aliphatic carbocycles. The quantitative estimate of drug-likeness (QED) is 0.457. The summed E-state index contributed by atoms with van der Waals surface area (Å²) < 4.78 is 23.6. The number of allylic oxidation sites excluding steroid dienone is 1. The van der Waals surface area contributed by atoms with E-state index >= 15 is 0 Å². The van der Waals surface area contributed by atoms with Crippen LogP contribution in [0.2, 0.25) is 0 Å². The third kappa shape index (κ3) is 3.63. The van der Waals surface area contributed by atoms with Crippen molar-refractivity contribution < 1.29 is 28.5 Å². The van der Waals surface area contributed by atoms with Crippen molar-refractivity contribution in [2.75, 3.05) is 14.2 Å². The van der Waals surface area contributed by atoms with Gasteiger partial charge in [0.1, 0.15) is 17.2 Å². The Labute approximate surface area is 179 Å². The molecule has 0 fully saturated rings. The van der Waals surface area contributed by atoms with Crippen LogP contribution >= 0.6 is 0 Å². The Bertz CT molecular complexity index is 1240. The summed E-state index contributed by atoms with van der Waals surface area (Å²) in [5.41, 5.74) is 3.06. The van der Waals surface area contributed by atoms with Gasteiger partial charge in [0.05, 0.1) is 19.8 Å². The third-order valence-corrected chi connectivity index (χ3v) is 5.30. The van der Waals surface area contributed by atoms with Gasteiger partial charge in [-0.1, -0.05) is 0 Å². The highest BCUT2D eigenvalue weighted by Crippen LogP contribution is 2.38. The van der Waals surface area contributed by atoms with Crippen molar-refractivity contribution in [3.05, 3.63) is 59.0 Å². The number of aromatic nitrogens is 1. The van der Waals surface area contributed by atoms with Gasteiger partial charge in [-0.15, -0.1) is 0 Å². The van der Waals surface area contributed by atoms with Gasteiger partial charge in [0, 0.05) is 35.8 Å². The minimum atomic E-state index is -0.778. The van der Waals surface area contributed by atoms with Crippen LogP contribution in [0.3, 0.4) is 0 Å². The van der Waals surface area contributed by atoms with Crippen molar-refractivity contribution in [3.8, 4) is 17.2 Å². The number of benzene rings is 2. The molecule has 0 N–H and O–H groups in total. The zero-order valence-electron chi connectivity index (χ0n) is 18.0. The Balaban J connectivity index is 1.69. The summed E-state index contributed by atoms with van der Waals surface area (Å²) in [5, 5.41) is 0.953. The van der Waals surface area contributed by atoms with Crippen molar-refractivity contribution in [3.63, 3.8) is 0 Å². The lowest BCUT2D eigenvalue weighted by Gasteiger charge is -2.13. The highest BCUT2D eigenvalue weighted by Gasteiger charge is 2.31. The van der Waals surface area contributed by atoms with Gasteiger partial charge >= 0.3 is 5.97 Å². The number of aryl methyl sites for hydroxylation is 2. The topological polar surface area (TPSA) is 76.0 Å². The minimum Gasteiger partial charge on any atom is -0.497 e. The number of fused-ring (bicyclic) bond motifs is 2. The molecule has 0 amide bonds. The summed E-state index contributed by atoms with van der Waals surface area (Å²) in [6.07, 6.45) is 2.90. The molecule has 160 valence electrons. The molecule has 1 aliphatic rings. The van der Waals surface area contributed by atoms with E-state index < -0.39 is 12.1 Å². The van der Waals surface area contributed by atoms with Crippen LogP contribution in [-0.2, 0) is 16.6 Å². The molecule has 1 unspecified atom stereocenters. The standard InChI is InChI=1S/C24H23NO6/c1-13-8-17(30-14(2)24(27)29-5)11-20-22(13)23(26)21(31-20)9-15-12-25(3)19-7-6-16(28-4)10-18(15)19/h6-12,14H,1-5H3/b21-9-.